The van der Waals surface area contributed by atoms with E-state index in [0.717, 1.165) is 18.7 Å². The van der Waals surface area contributed by atoms with Gasteiger partial charge in [-0.2, -0.15) is 0 Å². The zero-order chi connectivity index (χ0) is 15.5. The first-order chi connectivity index (χ1) is 9.83. The van der Waals surface area contributed by atoms with Crippen LogP contribution in [0.3, 0.4) is 0 Å². The second kappa shape index (κ2) is 6.20. The molecule has 1 aromatic rings. The summed E-state index contributed by atoms with van der Waals surface area (Å²) in [5.74, 6) is 0.783. The van der Waals surface area contributed by atoms with Crippen LogP contribution in [0.4, 0.5) is 16.3 Å². The molecule has 116 valence electrons. The van der Waals surface area contributed by atoms with Gasteiger partial charge in [-0.1, -0.05) is 0 Å². The number of nitrogens with two attached hydrogens (primary N) is 1. The average molecular weight is 292 g/mol. The summed E-state index contributed by atoms with van der Waals surface area (Å²) < 4.78 is 5.38. The van der Waals surface area contributed by atoms with Gasteiger partial charge in [-0.15, -0.1) is 0 Å². The Morgan fingerprint density at radius 3 is 2.67 bits per heavy atom. The maximum atomic E-state index is 12.0. The van der Waals surface area contributed by atoms with Crippen LogP contribution in [0.1, 0.15) is 33.6 Å². The molecule has 2 heterocycles. The molecule has 1 aliphatic heterocycles. The van der Waals surface area contributed by atoms with Crippen LogP contribution in [0.25, 0.3) is 0 Å². The lowest BCUT2D eigenvalue weighted by atomic mass is 10.1. The molecular formula is C15H24N4O2. The van der Waals surface area contributed by atoms with Crippen molar-refractivity contribution in [3.05, 3.63) is 18.3 Å². The number of ether oxygens (including phenoxy) is 1. The fourth-order valence-electron chi connectivity index (χ4n) is 2.27. The highest BCUT2D eigenvalue weighted by Gasteiger charge is 2.26. The lowest BCUT2D eigenvalue weighted by Gasteiger charge is -2.33. The number of carbonyl (C=O) groups is 1. The van der Waals surface area contributed by atoms with Crippen molar-refractivity contribution >= 4 is 17.6 Å². The molecule has 1 aromatic heterocycles. The molecule has 6 nitrogen and oxygen atoms in total. The molecule has 1 amide bonds. The Hall–Kier alpha value is -1.98. The molecule has 2 rings (SSSR count). The van der Waals surface area contributed by atoms with E-state index >= 15 is 0 Å². The van der Waals surface area contributed by atoms with Crippen LogP contribution in [0.2, 0.25) is 0 Å². The summed E-state index contributed by atoms with van der Waals surface area (Å²) in [4.78, 5) is 18.0. The Balaban J connectivity index is 1.82. The highest BCUT2D eigenvalue weighted by Crippen LogP contribution is 2.18. The topological polar surface area (TPSA) is 80.5 Å². The minimum absolute atomic E-state index is 0.233. The number of piperidine rings is 1. The second-order valence-electron chi connectivity index (χ2n) is 6.36. The third-order valence-electron chi connectivity index (χ3n) is 3.28. The van der Waals surface area contributed by atoms with Crippen LogP contribution in [0, 0.1) is 0 Å². The zero-order valence-electron chi connectivity index (χ0n) is 12.9. The van der Waals surface area contributed by atoms with E-state index in [4.69, 9.17) is 10.5 Å². The second-order valence-corrected chi connectivity index (χ2v) is 6.36. The molecular weight excluding hydrogens is 268 g/mol. The number of hydrogen-bond acceptors (Lipinski definition) is 5. The van der Waals surface area contributed by atoms with Crippen LogP contribution < -0.4 is 11.1 Å². The van der Waals surface area contributed by atoms with E-state index in [1.807, 2.05) is 26.8 Å². The number of likely N-dealkylation sites (tertiary alicyclic amines) is 1. The number of nitrogens with one attached hydrogen (secondary N) is 1. The number of nitrogens with zero attached hydrogens (tertiary/aromatic N) is 2. The molecule has 0 aliphatic carbocycles. The minimum atomic E-state index is -0.447. The van der Waals surface area contributed by atoms with Gasteiger partial charge >= 0.3 is 6.09 Å². The molecule has 0 atom stereocenters. The van der Waals surface area contributed by atoms with E-state index in [1.165, 1.54) is 0 Å². The summed E-state index contributed by atoms with van der Waals surface area (Å²) in [7, 11) is 0. The number of aromatic nitrogens is 1. The van der Waals surface area contributed by atoms with E-state index in [1.54, 1.807) is 17.2 Å². The van der Waals surface area contributed by atoms with Gasteiger partial charge in [0.1, 0.15) is 11.4 Å². The van der Waals surface area contributed by atoms with Crippen molar-refractivity contribution in [2.75, 3.05) is 24.1 Å². The number of carbonyl (C=O) groups excluding carboxylic acids is 1. The third kappa shape index (κ3) is 4.81. The van der Waals surface area contributed by atoms with Crippen molar-refractivity contribution in [2.24, 2.45) is 0 Å². The quantitative estimate of drug-likeness (QED) is 0.875. The molecule has 3 N–H and O–H groups in total. The van der Waals surface area contributed by atoms with E-state index < -0.39 is 5.60 Å². The van der Waals surface area contributed by atoms with Gasteiger partial charge in [0.2, 0.25) is 0 Å². The van der Waals surface area contributed by atoms with E-state index in [9.17, 15) is 4.79 Å². The summed E-state index contributed by atoms with van der Waals surface area (Å²) >= 11 is 0. The number of amides is 1. The number of hydrogen-bond donors (Lipinski definition) is 2. The smallest absolute Gasteiger partial charge is 0.410 e. The average Bonchev–Trinajstić information content (AvgIpc) is 2.37. The fraction of sp³-hybridized carbons (Fsp3) is 0.600. The SMILES string of the molecule is CC(C)(C)OC(=O)N1CCC(Nc2cc(N)ccn2)CC1. The first-order valence-corrected chi connectivity index (χ1v) is 7.29. The van der Waals surface area contributed by atoms with Crippen molar-refractivity contribution < 1.29 is 9.53 Å². The lowest BCUT2D eigenvalue weighted by Crippen LogP contribution is -2.44. The van der Waals surface area contributed by atoms with Crippen LogP contribution in [0.15, 0.2) is 18.3 Å². The van der Waals surface area contributed by atoms with Crippen LogP contribution >= 0.6 is 0 Å². The number of nitrogen functional groups attached to an aromatic ring is 1. The van der Waals surface area contributed by atoms with Crippen LogP contribution in [-0.2, 0) is 4.74 Å². The molecule has 0 aromatic carbocycles. The largest absolute Gasteiger partial charge is 0.444 e. The predicted molar refractivity (Wildman–Crippen MR) is 83.1 cm³/mol. The van der Waals surface area contributed by atoms with Gasteiger partial charge in [0.25, 0.3) is 0 Å². The molecule has 0 bridgehead atoms. The zero-order valence-corrected chi connectivity index (χ0v) is 12.9. The Labute approximate surface area is 125 Å². The summed E-state index contributed by atoms with van der Waals surface area (Å²) in [6.45, 7) is 7.02. The lowest BCUT2D eigenvalue weighted by molar-refractivity contribution is 0.0210. The Morgan fingerprint density at radius 2 is 2.10 bits per heavy atom. The first-order valence-electron chi connectivity index (χ1n) is 7.29. The predicted octanol–water partition coefficient (Wildman–Crippen LogP) is 2.48. The van der Waals surface area contributed by atoms with Crippen LogP contribution in [-0.4, -0.2) is 40.7 Å². The maximum absolute atomic E-state index is 12.0. The Morgan fingerprint density at radius 1 is 1.43 bits per heavy atom. The van der Waals surface area contributed by atoms with Gasteiger partial charge < -0.3 is 20.7 Å². The monoisotopic (exact) mass is 292 g/mol. The number of pyridine rings is 1. The van der Waals surface area contributed by atoms with E-state index in [2.05, 4.69) is 10.3 Å². The molecule has 0 radical (unpaired) electrons. The number of rotatable bonds is 2. The standard InChI is InChI=1S/C15H24N4O2/c1-15(2,3)21-14(20)19-8-5-12(6-9-19)18-13-10-11(16)4-7-17-13/h4,7,10,12H,5-6,8-9H2,1-3H3,(H3,16,17,18). The van der Waals surface area contributed by atoms with E-state index in [-0.39, 0.29) is 6.09 Å². The molecule has 6 heteroatoms. The molecule has 0 unspecified atom stereocenters. The molecule has 0 saturated carbocycles. The molecule has 0 spiro atoms. The van der Waals surface area contributed by atoms with Crippen LogP contribution in [0.5, 0.6) is 0 Å². The summed E-state index contributed by atoms with van der Waals surface area (Å²) in [5, 5.41) is 3.36. The number of anilines is 2. The van der Waals surface area contributed by atoms with Crippen molar-refractivity contribution in [2.45, 2.75) is 45.3 Å². The van der Waals surface area contributed by atoms with Crippen molar-refractivity contribution in [3.63, 3.8) is 0 Å². The Bertz CT molecular complexity index is 491. The van der Waals surface area contributed by atoms with Crippen molar-refractivity contribution in [3.8, 4) is 0 Å². The highest BCUT2D eigenvalue weighted by atomic mass is 16.6. The Kier molecular flexibility index (Phi) is 4.55. The maximum Gasteiger partial charge on any atom is 0.410 e. The van der Waals surface area contributed by atoms with E-state index in [0.29, 0.717) is 24.8 Å². The van der Waals surface area contributed by atoms with Gasteiger partial charge in [0, 0.05) is 37.1 Å². The summed E-state index contributed by atoms with van der Waals surface area (Å²) in [6, 6.07) is 3.88. The van der Waals surface area contributed by atoms with Gasteiger partial charge in [0.05, 0.1) is 0 Å². The summed E-state index contributed by atoms with van der Waals surface area (Å²) in [6.07, 6.45) is 3.20. The highest BCUT2D eigenvalue weighted by molar-refractivity contribution is 5.68. The van der Waals surface area contributed by atoms with Gasteiger partial charge in [-0.3, -0.25) is 0 Å². The fourth-order valence-corrected chi connectivity index (χ4v) is 2.27. The molecule has 1 fully saturated rings. The van der Waals surface area contributed by atoms with Gasteiger partial charge in [0.15, 0.2) is 0 Å². The van der Waals surface area contributed by atoms with Crippen molar-refractivity contribution in [1.29, 1.82) is 0 Å². The minimum Gasteiger partial charge on any atom is -0.444 e. The molecule has 1 saturated heterocycles. The first kappa shape index (κ1) is 15.4. The molecule has 21 heavy (non-hydrogen) atoms. The van der Waals surface area contributed by atoms with Gasteiger partial charge in [-0.25, -0.2) is 9.78 Å². The van der Waals surface area contributed by atoms with Gasteiger partial charge in [-0.05, 0) is 39.7 Å². The summed E-state index contributed by atoms with van der Waals surface area (Å²) in [5.41, 5.74) is 5.98. The normalized spacial score (nSPS) is 16.6. The third-order valence-corrected chi connectivity index (χ3v) is 3.28. The van der Waals surface area contributed by atoms with Crippen molar-refractivity contribution in [1.82, 2.24) is 9.88 Å². The molecule has 1 aliphatic rings.